The summed E-state index contributed by atoms with van der Waals surface area (Å²) in [6.07, 6.45) is 5.94. The maximum absolute atomic E-state index is 11.5. The molecule has 2 aromatic heterocycles. The maximum atomic E-state index is 11.5. The molecule has 31 heavy (non-hydrogen) atoms. The van der Waals surface area contributed by atoms with Crippen LogP contribution in [0.3, 0.4) is 0 Å². The van der Waals surface area contributed by atoms with E-state index in [1.165, 1.54) is 12.3 Å². The normalized spacial score (nSPS) is 16.5. The van der Waals surface area contributed by atoms with Crippen molar-refractivity contribution in [2.24, 2.45) is 0 Å². The molecule has 8 nitrogen and oxygen atoms in total. The standard InChI is InChI=1S/C23H27N3O5/c1-14-7-8-15(11-19(14)30-2)22(27)20(31-16-5-3-4-6-16)13-26-12-18-21(25-26)17(23(28)29)9-10-24-18/h7-12,16,20,22,27H,3-6,13H2,1-2H3,(H,28,29)/t20-,22+/m0/s1. The van der Waals surface area contributed by atoms with Crippen molar-refractivity contribution >= 4 is 17.0 Å². The van der Waals surface area contributed by atoms with Gasteiger partial charge in [-0.15, -0.1) is 0 Å². The molecule has 0 radical (unpaired) electrons. The van der Waals surface area contributed by atoms with Gasteiger partial charge in [0, 0.05) is 6.20 Å². The van der Waals surface area contributed by atoms with Gasteiger partial charge in [0.15, 0.2) is 0 Å². The molecule has 0 bridgehead atoms. The molecule has 0 saturated heterocycles. The number of pyridine rings is 1. The predicted molar refractivity (Wildman–Crippen MR) is 114 cm³/mol. The van der Waals surface area contributed by atoms with Gasteiger partial charge in [-0.05, 0) is 43.0 Å². The second-order valence-electron chi connectivity index (χ2n) is 8.00. The van der Waals surface area contributed by atoms with E-state index in [2.05, 4.69) is 10.1 Å². The number of hydrogen-bond donors (Lipinski definition) is 2. The largest absolute Gasteiger partial charge is 0.496 e. The number of ether oxygens (including phenoxy) is 2. The number of aromatic nitrogens is 3. The van der Waals surface area contributed by atoms with Crippen molar-refractivity contribution in [1.82, 2.24) is 14.8 Å². The topological polar surface area (TPSA) is 107 Å². The Morgan fingerprint density at radius 3 is 2.77 bits per heavy atom. The number of benzene rings is 1. The number of aliphatic hydroxyl groups excluding tert-OH is 1. The van der Waals surface area contributed by atoms with Crippen molar-refractivity contribution in [3.8, 4) is 5.75 Å². The van der Waals surface area contributed by atoms with Gasteiger partial charge in [0.25, 0.3) is 0 Å². The molecule has 1 aliphatic rings. The van der Waals surface area contributed by atoms with E-state index in [0.717, 1.165) is 31.2 Å². The molecule has 1 aliphatic carbocycles. The quantitative estimate of drug-likeness (QED) is 0.569. The van der Waals surface area contributed by atoms with E-state index in [9.17, 15) is 15.0 Å². The minimum atomic E-state index is -1.05. The molecule has 1 aromatic carbocycles. The highest BCUT2D eigenvalue weighted by Gasteiger charge is 2.28. The third kappa shape index (κ3) is 4.55. The average Bonchev–Trinajstić information content (AvgIpc) is 3.42. The summed E-state index contributed by atoms with van der Waals surface area (Å²) in [5.74, 6) is -0.348. The number of carbonyl (C=O) groups is 1. The van der Waals surface area contributed by atoms with E-state index < -0.39 is 18.2 Å². The molecule has 4 rings (SSSR count). The van der Waals surface area contributed by atoms with Crippen LogP contribution in [0.2, 0.25) is 0 Å². The van der Waals surface area contributed by atoms with Crippen LogP contribution >= 0.6 is 0 Å². The summed E-state index contributed by atoms with van der Waals surface area (Å²) in [5.41, 5.74) is 2.59. The summed E-state index contributed by atoms with van der Waals surface area (Å²) in [4.78, 5) is 15.7. The molecule has 8 heteroatoms. The molecule has 3 aromatic rings. The zero-order chi connectivity index (χ0) is 22.0. The molecule has 0 amide bonds. The molecule has 0 aliphatic heterocycles. The third-order valence-electron chi connectivity index (χ3n) is 5.84. The van der Waals surface area contributed by atoms with Crippen LogP contribution in [0.15, 0.2) is 36.7 Å². The number of nitrogens with zero attached hydrogens (tertiary/aromatic N) is 3. The van der Waals surface area contributed by atoms with Crippen LogP contribution in [-0.4, -0.2) is 50.3 Å². The van der Waals surface area contributed by atoms with Crippen molar-refractivity contribution in [3.63, 3.8) is 0 Å². The summed E-state index contributed by atoms with van der Waals surface area (Å²) in [5, 5.41) is 25.0. The summed E-state index contributed by atoms with van der Waals surface area (Å²) >= 11 is 0. The third-order valence-corrected chi connectivity index (χ3v) is 5.84. The van der Waals surface area contributed by atoms with Crippen molar-refractivity contribution in [2.75, 3.05) is 7.11 Å². The molecule has 1 fully saturated rings. The first kappa shape index (κ1) is 21.3. The van der Waals surface area contributed by atoms with Gasteiger partial charge in [0.1, 0.15) is 29.0 Å². The Morgan fingerprint density at radius 2 is 2.06 bits per heavy atom. The number of carboxylic acids is 1. The van der Waals surface area contributed by atoms with Gasteiger partial charge in [-0.3, -0.25) is 9.67 Å². The number of carboxylic acid groups (broad SMARTS) is 1. The number of hydrogen-bond acceptors (Lipinski definition) is 6. The van der Waals surface area contributed by atoms with Crippen LogP contribution in [-0.2, 0) is 11.3 Å². The lowest BCUT2D eigenvalue weighted by Gasteiger charge is -2.27. The van der Waals surface area contributed by atoms with E-state index in [4.69, 9.17) is 9.47 Å². The molecule has 2 N–H and O–H groups in total. The van der Waals surface area contributed by atoms with Crippen LogP contribution in [0.25, 0.3) is 11.0 Å². The van der Waals surface area contributed by atoms with Crippen molar-refractivity contribution < 1.29 is 24.5 Å². The molecular weight excluding hydrogens is 398 g/mol. The second kappa shape index (κ2) is 9.03. The maximum Gasteiger partial charge on any atom is 0.338 e. The van der Waals surface area contributed by atoms with Gasteiger partial charge in [-0.1, -0.05) is 25.0 Å². The van der Waals surface area contributed by atoms with Crippen LogP contribution in [0.5, 0.6) is 5.75 Å². The predicted octanol–water partition coefficient (Wildman–Crippen LogP) is 3.51. The monoisotopic (exact) mass is 425 g/mol. The van der Waals surface area contributed by atoms with Gasteiger partial charge in [0.05, 0.1) is 31.5 Å². The van der Waals surface area contributed by atoms with E-state index in [1.807, 2.05) is 25.1 Å². The van der Waals surface area contributed by atoms with Crippen LogP contribution in [0.1, 0.15) is 53.3 Å². The number of aromatic carboxylic acids is 1. The fourth-order valence-electron chi connectivity index (χ4n) is 4.14. The van der Waals surface area contributed by atoms with E-state index in [1.54, 1.807) is 18.0 Å². The second-order valence-corrected chi connectivity index (χ2v) is 8.00. The lowest BCUT2D eigenvalue weighted by molar-refractivity contribution is -0.0844. The number of methoxy groups -OCH3 is 1. The molecule has 2 atom stereocenters. The number of aryl methyl sites for hydroxylation is 1. The van der Waals surface area contributed by atoms with Gasteiger partial charge in [-0.2, -0.15) is 5.10 Å². The minimum absolute atomic E-state index is 0.0877. The van der Waals surface area contributed by atoms with Gasteiger partial charge in [0.2, 0.25) is 0 Å². The highest BCUT2D eigenvalue weighted by molar-refractivity contribution is 6.00. The van der Waals surface area contributed by atoms with Crippen LogP contribution in [0, 0.1) is 6.92 Å². The molecule has 2 heterocycles. The van der Waals surface area contributed by atoms with Crippen molar-refractivity contribution in [1.29, 1.82) is 0 Å². The molecular formula is C23H27N3O5. The van der Waals surface area contributed by atoms with Gasteiger partial charge < -0.3 is 19.7 Å². The number of rotatable bonds is 8. The zero-order valence-electron chi connectivity index (χ0n) is 17.7. The van der Waals surface area contributed by atoms with E-state index in [0.29, 0.717) is 22.3 Å². The summed E-state index contributed by atoms with van der Waals surface area (Å²) in [6, 6.07) is 7.04. The number of aliphatic hydroxyl groups is 1. The van der Waals surface area contributed by atoms with Crippen LogP contribution in [0.4, 0.5) is 0 Å². The SMILES string of the molecule is COc1cc([C@@H](O)[C@H](Cn2cc3nccc(C(=O)O)c3n2)OC2CCCC2)ccc1C. The fourth-order valence-corrected chi connectivity index (χ4v) is 4.14. The summed E-state index contributed by atoms with van der Waals surface area (Å²) in [6.45, 7) is 2.22. The fraction of sp³-hybridized carbons (Fsp3) is 0.435. The van der Waals surface area contributed by atoms with Gasteiger partial charge in [-0.25, -0.2) is 4.79 Å². The Kier molecular flexibility index (Phi) is 6.20. The van der Waals surface area contributed by atoms with Crippen molar-refractivity contribution in [3.05, 3.63) is 53.3 Å². The van der Waals surface area contributed by atoms with Gasteiger partial charge >= 0.3 is 5.97 Å². The summed E-state index contributed by atoms with van der Waals surface area (Å²) < 4.78 is 13.3. The Labute approximate surface area is 180 Å². The smallest absolute Gasteiger partial charge is 0.338 e. The molecule has 1 saturated carbocycles. The first-order valence-electron chi connectivity index (χ1n) is 10.5. The Bertz CT molecular complexity index is 1070. The highest BCUT2D eigenvalue weighted by Crippen LogP contribution is 2.30. The van der Waals surface area contributed by atoms with Crippen LogP contribution < -0.4 is 4.74 Å². The highest BCUT2D eigenvalue weighted by atomic mass is 16.5. The molecule has 0 unspecified atom stereocenters. The average molecular weight is 425 g/mol. The minimum Gasteiger partial charge on any atom is -0.496 e. The first-order chi connectivity index (χ1) is 15.0. The first-order valence-corrected chi connectivity index (χ1v) is 10.5. The summed E-state index contributed by atoms with van der Waals surface area (Å²) in [7, 11) is 1.60. The Balaban J connectivity index is 1.64. The molecule has 0 spiro atoms. The Hall–Kier alpha value is -2.97. The van der Waals surface area contributed by atoms with Crippen molar-refractivity contribution in [2.45, 2.75) is 57.5 Å². The number of fused-ring (bicyclic) bond motifs is 1. The lowest BCUT2D eigenvalue weighted by Crippen LogP contribution is -2.31. The van der Waals surface area contributed by atoms with E-state index in [-0.39, 0.29) is 18.2 Å². The zero-order valence-corrected chi connectivity index (χ0v) is 17.7. The van der Waals surface area contributed by atoms with E-state index >= 15 is 0 Å². The molecule has 164 valence electrons. The Morgan fingerprint density at radius 1 is 1.29 bits per heavy atom. The lowest BCUT2D eigenvalue weighted by atomic mass is 10.0.